The Bertz CT molecular complexity index is 796. The summed E-state index contributed by atoms with van der Waals surface area (Å²) in [6.07, 6.45) is 10.6. The maximum Gasteiger partial charge on any atom is 0.225 e. The molecule has 27 heavy (non-hydrogen) atoms. The Labute approximate surface area is 165 Å². The molecule has 1 N–H and O–H groups in total. The number of nitrogens with zero attached hydrogens (tertiary/aromatic N) is 3. The number of fused-ring (bicyclic) bond motifs is 3. The van der Waals surface area contributed by atoms with Gasteiger partial charge in [-0.25, -0.2) is 9.97 Å². The van der Waals surface area contributed by atoms with Gasteiger partial charge in [0.2, 0.25) is 5.88 Å². The summed E-state index contributed by atoms with van der Waals surface area (Å²) in [6, 6.07) is 0. The Morgan fingerprint density at radius 3 is 2.70 bits per heavy atom. The first-order valence-corrected chi connectivity index (χ1v) is 11.1. The maximum absolute atomic E-state index is 9.45. The van der Waals surface area contributed by atoms with Crippen LogP contribution >= 0.6 is 11.3 Å². The van der Waals surface area contributed by atoms with Crippen LogP contribution in [0.5, 0.6) is 5.88 Å². The van der Waals surface area contributed by atoms with Crippen LogP contribution in [0.3, 0.4) is 0 Å². The number of hydrogen-bond donors (Lipinski definition) is 1. The van der Waals surface area contributed by atoms with E-state index in [0.29, 0.717) is 11.5 Å². The molecule has 0 aliphatic heterocycles. The third-order valence-electron chi connectivity index (χ3n) is 6.92. The minimum absolute atomic E-state index is 0.232. The number of aliphatic hydroxyl groups is 1. The average Bonchev–Trinajstić information content (AvgIpc) is 3.23. The molecule has 6 heteroatoms. The van der Waals surface area contributed by atoms with Gasteiger partial charge in [0.05, 0.1) is 5.39 Å². The molecule has 4 rings (SSSR count). The number of aryl methyl sites for hydroxylation is 1. The summed E-state index contributed by atoms with van der Waals surface area (Å²) >= 11 is 1.78. The van der Waals surface area contributed by atoms with Crippen LogP contribution in [-0.4, -0.2) is 52.3 Å². The van der Waals surface area contributed by atoms with E-state index in [0.717, 1.165) is 48.2 Å². The molecule has 0 unspecified atom stereocenters. The maximum atomic E-state index is 9.45. The summed E-state index contributed by atoms with van der Waals surface area (Å²) in [5.74, 6) is 1.18. The van der Waals surface area contributed by atoms with Crippen LogP contribution in [0.1, 0.15) is 68.2 Å². The van der Waals surface area contributed by atoms with E-state index in [2.05, 4.69) is 35.9 Å². The van der Waals surface area contributed by atoms with E-state index in [1.807, 2.05) is 0 Å². The molecule has 0 aromatic carbocycles. The highest BCUT2D eigenvalue weighted by molar-refractivity contribution is 7.19. The van der Waals surface area contributed by atoms with Gasteiger partial charge in [-0.2, -0.15) is 0 Å². The Balaban J connectivity index is 1.57. The smallest absolute Gasteiger partial charge is 0.225 e. The number of hydrogen-bond acceptors (Lipinski definition) is 6. The minimum atomic E-state index is 0.232. The van der Waals surface area contributed by atoms with Crippen molar-refractivity contribution < 1.29 is 9.84 Å². The van der Waals surface area contributed by atoms with E-state index < -0.39 is 0 Å². The van der Waals surface area contributed by atoms with Crippen LogP contribution in [0.25, 0.3) is 10.2 Å². The lowest BCUT2D eigenvalue weighted by Gasteiger charge is -2.44. The lowest BCUT2D eigenvalue weighted by molar-refractivity contribution is 0.0402. The van der Waals surface area contributed by atoms with Gasteiger partial charge in [-0.3, -0.25) is 0 Å². The van der Waals surface area contributed by atoms with Crippen molar-refractivity contribution in [3.8, 4) is 5.88 Å². The molecule has 0 saturated heterocycles. The highest BCUT2D eigenvalue weighted by Gasteiger charge is 2.37. The van der Waals surface area contributed by atoms with Crippen LogP contribution in [0.4, 0.5) is 0 Å². The summed E-state index contributed by atoms with van der Waals surface area (Å²) in [6.45, 7) is 2.53. The third kappa shape index (κ3) is 3.36. The number of aliphatic hydroxyl groups excluding tert-OH is 1. The number of thiophene rings is 1. The van der Waals surface area contributed by atoms with Crippen LogP contribution in [0, 0.1) is 0 Å². The molecule has 1 atom stereocenters. The van der Waals surface area contributed by atoms with Crippen LogP contribution in [0.2, 0.25) is 0 Å². The number of rotatable bonds is 6. The monoisotopic (exact) mass is 389 g/mol. The van der Waals surface area contributed by atoms with Crippen molar-refractivity contribution in [2.24, 2.45) is 0 Å². The standard InChI is InChI=1S/C21H31N3O2S/c1-4-21(24(2)3)10-7-15(8-11-21)26-19-18-17-14(9-12-25)5-6-16(17)27-20(18)23-13-22-19/h13-15,25H,4-12H2,1-3H3/t14-,15?,21?/m1/s1. The van der Waals surface area contributed by atoms with Gasteiger partial charge < -0.3 is 14.7 Å². The van der Waals surface area contributed by atoms with Crippen LogP contribution in [-0.2, 0) is 6.42 Å². The second kappa shape index (κ2) is 7.64. The normalized spacial score (nSPS) is 28.0. The predicted octanol–water partition coefficient (Wildman–Crippen LogP) is 4.14. The zero-order chi connectivity index (χ0) is 19.0. The summed E-state index contributed by atoms with van der Waals surface area (Å²) in [5.41, 5.74) is 1.67. The van der Waals surface area contributed by atoms with Gasteiger partial charge in [0.1, 0.15) is 17.3 Å². The van der Waals surface area contributed by atoms with Crippen molar-refractivity contribution in [1.29, 1.82) is 0 Å². The predicted molar refractivity (Wildman–Crippen MR) is 110 cm³/mol. The van der Waals surface area contributed by atoms with Crippen LogP contribution in [0.15, 0.2) is 6.33 Å². The minimum Gasteiger partial charge on any atom is -0.474 e. The quantitative estimate of drug-likeness (QED) is 0.805. The van der Waals surface area contributed by atoms with E-state index in [9.17, 15) is 5.11 Å². The fraction of sp³-hybridized carbons (Fsp3) is 0.714. The van der Waals surface area contributed by atoms with Gasteiger partial charge in [-0.15, -0.1) is 11.3 Å². The largest absolute Gasteiger partial charge is 0.474 e. The van der Waals surface area contributed by atoms with Crippen molar-refractivity contribution >= 4 is 21.6 Å². The topological polar surface area (TPSA) is 58.5 Å². The first-order valence-electron chi connectivity index (χ1n) is 10.3. The van der Waals surface area contributed by atoms with Gasteiger partial charge in [0.15, 0.2) is 0 Å². The van der Waals surface area contributed by atoms with E-state index in [-0.39, 0.29) is 12.7 Å². The van der Waals surface area contributed by atoms with E-state index >= 15 is 0 Å². The molecule has 5 nitrogen and oxygen atoms in total. The zero-order valence-corrected chi connectivity index (χ0v) is 17.5. The van der Waals surface area contributed by atoms with Crippen molar-refractivity contribution in [1.82, 2.24) is 14.9 Å². The lowest BCUT2D eigenvalue weighted by Crippen LogP contribution is -2.48. The lowest BCUT2D eigenvalue weighted by atomic mass is 9.77. The van der Waals surface area contributed by atoms with Crippen molar-refractivity contribution in [2.45, 2.75) is 75.9 Å². The fourth-order valence-electron chi connectivity index (χ4n) is 5.10. The molecule has 0 spiro atoms. The zero-order valence-electron chi connectivity index (χ0n) is 16.7. The third-order valence-corrected chi connectivity index (χ3v) is 8.09. The Morgan fingerprint density at radius 2 is 2.04 bits per heavy atom. The molecule has 1 saturated carbocycles. The molecule has 2 aliphatic rings. The molecule has 0 bridgehead atoms. The molecule has 1 fully saturated rings. The van der Waals surface area contributed by atoms with Crippen molar-refractivity contribution in [3.05, 3.63) is 16.8 Å². The van der Waals surface area contributed by atoms with Crippen molar-refractivity contribution in [2.75, 3.05) is 20.7 Å². The fourth-order valence-corrected chi connectivity index (χ4v) is 6.33. The Morgan fingerprint density at radius 1 is 1.26 bits per heavy atom. The molecular formula is C21H31N3O2S. The van der Waals surface area contributed by atoms with Gasteiger partial charge in [0.25, 0.3) is 0 Å². The molecule has 148 valence electrons. The van der Waals surface area contributed by atoms with E-state index in [4.69, 9.17) is 4.74 Å². The molecule has 2 heterocycles. The molecule has 2 aliphatic carbocycles. The van der Waals surface area contributed by atoms with Crippen LogP contribution < -0.4 is 4.74 Å². The average molecular weight is 390 g/mol. The number of ether oxygens (including phenoxy) is 1. The van der Waals surface area contributed by atoms with E-state index in [1.54, 1.807) is 17.7 Å². The van der Waals surface area contributed by atoms with Gasteiger partial charge in [-0.1, -0.05) is 6.92 Å². The first kappa shape index (κ1) is 19.1. The SMILES string of the molecule is CCC1(N(C)C)CCC(Oc2ncnc3sc4c(c23)[C@@H](CCO)CC4)CC1. The summed E-state index contributed by atoms with van der Waals surface area (Å²) in [7, 11) is 4.41. The Hall–Kier alpha value is -1.24. The van der Waals surface area contributed by atoms with E-state index in [1.165, 1.54) is 29.7 Å². The van der Waals surface area contributed by atoms with Gasteiger partial charge in [0, 0.05) is 17.0 Å². The first-order chi connectivity index (χ1) is 13.1. The highest BCUT2D eigenvalue weighted by atomic mass is 32.1. The second-order valence-electron chi connectivity index (χ2n) is 8.34. The van der Waals surface area contributed by atoms with Crippen molar-refractivity contribution in [3.63, 3.8) is 0 Å². The summed E-state index contributed by atoms with van der Waals surface area (Å²) < 4.78 is 6.47. The highest BCUT2D eigenvalue weighted by Crippen LogP contribution is 2.47. The molecular weight excluding hydrogens is 358 g/mol. The van der Waals surface area contributed by atoms with Gasteiger partial charge >= 0.3 is 0 Å². The summed E-state index contributed by atoms with van der Waals surface area (Å²) in [4.78, 5) is 13.9. The summed E-state index contributed by atoms with van der Waals surface area (Å²) in [5, 5.41) is 10.6. The van der Waals surface area contributed by atoms with Gasteiger partial charge in [-0.05, 0) is 76.9 Å². The molecule has 0 radical (unpaired) electrons. The molecule has 2 aromatic rings. The number of aromatic nitrogens is 2. The molecule has 0 amide bonds. The Kier molecular flexibility index (Phi) is 5.41. The second-order valence-corrected chi connectivity index (χ2v) is 9.42. The molecule has 2 aromatic heterocycles.